The average molecular weight is 229 g/mol. The van der Waals surface area contributed by atoms with Gasteiger partial charge in [-0.3, -0.25) is 0 Å². The summed E-state index contributed by atoms with van der Waals surface area (Å²) in [6, 6.07) is 8.99. The molecule has 1 rings (SSSR count). The third-order valence-corrected chi connectivity index (χ3v) is 3.21. The van der Waals surface area contributed by atoms with Crippen molar-refractivity contribution in [2.24, 2.45) is 0 Å². The van der Waals surface area contributed by atoms with Crippen molar-refractivity contribution in [2.45, 2.75) is 12.2 Å². The van der Waals surface area contributed by atoms with Crippen LogP contribution in [0.1, 0.15) is 12.0 Å². The summed E-state index contributed by atoms with van der Waals surface area (Å²) < 4.78 is 25.4. The van der Waals surface area contributed by atoms with Crippen LogP contribution in [0.2, 0.25) is 0 Å². The van der Waals surface area contributed by atoms with Gasteiger partial charge in [0.15, 0.2) is 0 Å². The van der Waals surface area contributed by atoms with Gasteiger partial charge >= 0.3 is 0 Å². The predicted octanol–water partition coefficient (Wildman–Crippen LogP) is 0.488. The number of sulfonamides is 1. The van der Waals surface area contributed by atoms with Crippen molar-refractivity contribution in [2.75, 3.05) is 13.2 Å². The largest absolute Gasteiger partial charge is 0.396 e. The van der Waals surface area contributed by atoms with Gasteiger partial charge in [-0.15, -0.1) is 0 Å². The molecule has 4 nitrogen and oxygen atoms in total. The number of benzene rings is 1. The summed E-state index contributed by atoms with van der Waals surface area (Å²) in [4.78, 5) is 0. The Labute approximate surface area is 90.0 Å². The number of aliphatic hydroxyl groups is 1. The molecular weight excluding hydrogens is 214 g/mol. The summed E-state index contributed by atoms with van der Waals surface area (Å²) in [5.74, 6) is -0.0146. The molecule has 0 aromatic heterocycles. The molecule has 1 aromatic rings. The molecule has 0 amide bonds. The van der Waals surface area contributed by atoms with E-state index in [-0.39, 0.29) is 18.9 Å². The van der Waals surface area contributed by atoms with Crippen LogP contribution in [0.15, 0.2) is 30.3 Å². The smallest absolute Gasteiger partial charge is 0.215 e. The molecule has 0 aliphatic heterocycles. The summed E-state index contributed by atoms with van der Waals surface area (Å²) in [7, 11) is -3.27. The van der Waals surface area contributed by atoms with Crippen LogP contribution in [0.25, 0.3) is 0 Å². The van der Waals surface area contributed by atoms with Crippen molar-refractivity contribution in [3.63, 3.8) is 0 Å². The zero-order valence-corrected chi connectivity index (χ0v) is 9.20. The van der Waals surface area contributed by atoms with Crippen LogP contribution in [0.5, 0.6) is 0 Å². The molecule has 0 radical (unpaired) electrons. The van der Waals surface area contributed by atoms with Gasteiger partial charge in [0.05, 0.1) is 5.75 Å². The highest BCUT2D eigenvalue weighted by Crippen LogP contribution is 2.03. The van der Waals surface area contributed by atoms with Crippen LogP contribution < -0.4 is 4.72 Å². The van der Waals surface area contributed by atoms with Gasteiger partial charge in [-0.25, -0.2) is 13.1 Å². The van der Waals surface area contributed by atoms with Gasteiger partial charge in [0, 0.05) is 13.2 Å². The van der Waals surface area contributed by atoms with Gasteiger partial charge in [0.2, 0.25) is 10.0 Å². The molecule has 0 heterocycles. The lowest BCUT2D eigenvalue weighted by Gasteiger charge is -2.05. The standard InChI is InChI=1S/C10H15NO3S/c12-8-4-7-11-15(13,14)9-10-5-2-1-3-6-10/h1-3,5-6,11-12H,4,7-9H2. The van der Waals surface area contributed by atoms with Gasteiger partial charge in [-0.05, 0) is 12.0 Å². The second kappa shape index (κ2) is 5.85. The Kier molecular flexibility index (Phi) is 4.74. The van der Waals surface area contributed by atoms with Crippen molar-refractivity contribution in [1.29, 1.82) is 0 Å². The molecule has 1 aromatic carbocycles. The van der Waals surface area contributed by atoms with E-state index in [4.69, 9.17) is 5.11 Å². The Hall–Kier alpha value is -0.910. The van der Waals surface area contributed by atoms with Crippen LogP contribution in [-0.2, 0) is 15.8 Å². The maximum absolute atomic E-state index is 11.5. The van der Waals surface area contributed by atoms with E-state index in [1.54, 1.807) is 24.3 Å². The topological polar surface area (TPSA) is 66.4 Å². The molecule has 0 aliphatic rings. The van der Waals surface area contributed by atoms with Crippen molar-refractivity contribution in [1.82, 2.24) is 4.72 Å². The van der Waals surface area contributed by atoms with Crippen LogP contribution in [0.4, 0.5) is 0 Å². The summed E-state index contributed by atoms with van der Waals surface area (Å²) in [6.07, 6.45) is 0.439. The minimum absolute atomic E-state index is 0.00609. The fraction of sp³-hybridized carbons (Fsp3) is 0.400. The fourth-order valence-electron chi connectivity index (χ4n) is 1.15. The first-order valence-electron chi connectivity index (χ1n) is 4.76. The summed E-state index contributed by atoms with van der Waals surface area (Å²) in [5.41, 5.74) is 0.758. The maximum Gasteiger partial charge on any atom is 0.215 e. The van der Waals surface area contributed by atoms with Gasteiger partial charge in [-0.1, -0.05) is 30.3 Å². The molecule has 2 N–H and O–H groups in total. The molecule has 0 bridgehead atoms. The van der Waals surface area contributed by atoms with Gasteiger partial charge in [0.25, 0.3) is 0 Å². The second-order valence-electron chi connectivity index (χ2n) is 3.22. The van der Waals surface area contributed by atoms with Crippen molar-refractivity contribution < 1.29 is 13.5 Å². The molecule has 0 saturated carbocycles. The Morgan fingerprint density at radius 3 is 2.47 bits per heavy atom. The van der Waals surface area contributed by atoms with Crippen LogP contribution in [0.3, 0.4) is 0 Å². The van der Waals surface area contributed by atoms with E-state index in [9.17, 15) is 8.42 Å². The minimum atomic E-state index is -3.27. The molecule has 0 spiro atoms. The fourth-order valence-corrected chi connectivity index (χ4v) is 2.34. The quantitative estimate of drug-likeness (QED) is 0.698. The first kappa shape index (κ1) is 12.2. The van der Waals surface area contributed by atoms with E-state index in [0.717, 1.165) is 5.56 Å². The van der Waals surface area contributed by atoms with E-state index in [2.05, 4.69) is 4.72 Å². The zero-order chi connectivity index (χ0) is 11.1. The summed E-state index contributed by atoms with van der Waals surface area (Å²) in [5, 5.41) is 8.52. The molecule has 0 fully saturated rings. The molecule has 0 unspecified atom stereocenters. The maximum atomic E-state index is 11.5. The molecule has 0 aliphatic carbocycles. The molecule has 5 heteroatoms. The average Bonchev–Trinajstić information content (AvgIpc) is 2.18. The third kappa shape index (κ3) is 4.92. The molecule has 0 atom stereocenters. The highest BCUT2D eigenvalue weighted by molar-refractivity contribution is 7.88. The lowest BCUT2D eigenvalue weighted by atomic mass is 10.2. The summed E-state index contributed by atoms with van der Waals surface area (Å²) in [6.45, 7) is 0.277. The van der Waals surface area contributed by atoms with E-state index in [1.807, 2.05) is 6.07 Å². The normalized spacial score (nSPS) is 11.5. The van der Waals surface area contributed by atoms with E-state index in [0.29, 0.717) is 6.42 Å². The summed E-state index contributed by atoms with van der Waals surface area (Å²) >= 11 is 0. The van der Waals surface area contributed by atoms with E-state index < -0.39 is 10.0 Å². The number of hydrogen-bond donors (Lipinski definition) is 2. The first-order valence-corrected chi connectivity index (χ1v) is 6.41. The number of aliphatic hydroxyl groups excluding tert-OH is 1. The van der Waals surface area contributed by atoms with Gasteiger partial charge in [-0.2, -0.15) is 0 Å². The third-order valence-electron chi connectivity index (χ3n) is 1.86. The number of nitrogens with one attached hydrogen (secondary N) is 1. The predicted molar refractivity (Wildman–Crippen MR) is 58.8 cm³/mol. The highest BCUT2D eigenvalue weighted by Gasteiger charge is 2.09. The monoisotopic (exact) mass is 229 g/mol. The zero-order valence-electron chi connectivity index (χ0n) is 8.39. The Morgan fingerprint density at radius 1 is 1.20 bits per heavy atom. The van der Waals surface area contributed by atoms with Gasteiger partial charge < -0.3 is 5.11 Å². The van der Waals surface area contributed by atoms with Crippen LogP contribution in [-0.4, -0.2) is 26.7 Å². The first-order chi connectivity index (χ1) is 7.14. The van der Waals surface area contributed by atoms with E-state index >= 15 is 0 Å². The lowest BCUT2D eigenvalue weighted by Crippen LogP contribution is -2.26. The van der Waals surface area contributed by atoms with Crippen molar-refractivity contribution in [3.8, 4) is 0 Å². The van der Waals surface area contributed by atoms with Crippen LogP contribution >= 0.6 is 0 Å². The molecular formula is C10H15NO3S. The second-order valence-corrected chi connectivity index (χ2v) is 5.02. The number of hydrogen-bond acceptors (Lipinski definition) is 3. The molecule has 0 saturated heterocycles. The Morgan fingerprint density at radius 2 is 1.87 bits per heavy atom. The van der Waals surface area contributed by atoms with E-state index in [1.165, 1.54) is 0 Å². The SMILES string of the molecule is O=S(=O)(Cc1ccccc1)NCCCO. The Balaban J connectivity index is 2.50. The van der Waals surface area contributed by atoms with Crippen LogP contribution in [0, 0.1) is 0 Å². The van der Waals surface area contributed by atoms with Crippen molar-refractivity contribution >= 4 is 10.0 Å². The molecule has 84 valence electrons. The lowest BCUT2D eigenvalue weighted by molar-refractivity contribution is 0.289. The Bertz CT molecular complexity index is 375. The molecule has 15 heavy (non-hydrogen) atoms. The van der Waals surface area contributed by atoms with Crippen molar-refractivity contribution in [3.05, 3.63) is 35.9 Å². The van der Waals surface area contributed by atoms with Gasteiger partial charge in [0.1, 0.15) is 0 Å². The minimum Gasteiger partial charge on any atom is -0.396 e. The highest BCUT2D eigenvalue weighted by atomic mass is 32.2. The number of rotatable bonds is 6.